The Kier molecular flexibility index (Phi) is 4.61. The highest BCUT2D eigenvalue weighted by atomic mass is 32.1. The van der Waals surface area contributed by atoms with Gasteiger partial charge in [-0.2, -0.15) is 0 Å². The van der Waals surface area contributed by atoms with Gasteiger partial charge in [0.1, 0.15) is 0 Å². The number of hydrogen-bond acceptors (Lipinski definition) is 5. The zero-order valence-corrected chi connectivity index (χ0v) is 12.7. The minimum Gasteiger partial charge on any atom is -0.312 e. The summed E-state index contributed by atoms with van der Waals surface area (Å²) in [6.07, 6.45) is 3.66. The third kappa shape index (κ3) is 3.81. The third-order valence-corrected chi connectivity index (χ3v) is 3.86. The molecule has 0 atom stereocenters. The van der Waals surface area contributed by atoms with E-state index in [4.69, 9.17) is 0 Å². The van der Waals surface area contributed by atoms with Crippen molar-refractivity contribution >= 4 is 11.3 Å². The highest BCUT2D eigenvalue weighted by Gasteiger charge is 2.11. The van der Waals surface area contributed by atoms with Crippen molar-refractivity contribution in [3.8, 4) is 10.8 Å². The van der Waals surface area contributed by atoms with E-state index in [1.54, 1.807) is 11.3 Å². The van der Waals surface area contributed by atoms with Crippen molar-refractivity contribution in [1.29, 1.82) is 0 Å². The number of nitrogens with zero attached hydrogens (tertiary/aromatic N) is 3. The second kappa shape index (κ2) is 6.21. The van der Waals surface area contributed by atoms with Crippen molar-refractivity contribution in [3.05, 3.63) is 28.5 Å². The van der Waals surface area contributed by atoms with Gasteiger partial charge in [0.15, 0.2) is 10.8 Å². The highest BCUT2D eigenvalue weighted by molar-refractivity contribution is 7.15. The van der Waals surface area contributed by atoms with Crippen LogP contribution in [-0.2, 0) is 6.54 Å². The van der Waals surface area contributed by atoms with Crippen LogP contribution in [0.3, 0.4) is 0 Å². The third-order valence-electron chi connectivity index (χ3n) is 2.70. The lowest BCUT2D eigenvalue weighted by molar-refractivity contribution is 0.554. The van der Waals surface area contributed by atoms with E-state index < -0.39 is 0 Å². The summed E-state index contributed by atoms with van der Waals surface area (Å²) in [4.78, 5) is 14.5. The summed E-state index contributed by atoms with van der Waals surface area (Å²) in [5.74, 6) is 1.38. The van der Waals surface area contributed by atoms with E-state index in [-0.39, 0.29) is 0 Å². The first-order valence-corrected chi connectivity index (χ1v) is 7.34. The van der Waals surface area contributed by atoms with Crippen LogP contribution in [0.15, 0.2) is 12.4 Å². The molecule has 0 saturated heterocycles. The summed E-state index contributed by atoms with van der Waals surface area (Å²) in [5.41, 5.74) is 2.14. The first-order chi connectivity index (χ1) is 9.06. The monoisotopic (exact) mass is 276 g/mol. The SMILES string of the molecule is Cc1cnc(-c2nc(C)c(CNCC(C)C)s2)nc1. The van der Waals surface area contributed by atoms with Gasteiger partial charge in [-0.15, -0.1) is 11.3 Å². The molecule has 102 valence electrons. The van der Waals surface area contributed by atoms with Crippen molar-refractivity contribution in [2.24, 2.45) is 5.92 Å². The van der Waals surface area contributed by atoms with Crippen LogP contribution in [0.4, 0.5) is 0 Å². The Labute approximate surface area is 118 Å². The van der Waals surface area contributed by atoms with E-state index in [9.17, 15) is 0 Å². The number of thiazole rings is 1. The van der Waals surface area contributed by atoms with Gasteiger partial charge in [0, 0.05) is 23.8 Å². The van der Waals surface area contributed by atoms with Crippen LogP contribution in [0.25, 0.3) is 10.8 Å². The van der Waals surface area contributed by atoms with Gasteiger partial charge in [-0.3, -0.25) is 0 Å². The van der Waals surface area contributed by atoms with Crippen LogP contribution in [0.5, 0.6) is 0 Å². The first-order valence-electron chi connectivity index (χ1n) is 6.52. The summed E-state index contributed by atoms with van der Waals surface area (Å²) in [7, 11) is 0. The quantitative estimate of drug-likeness (QED) is 0.912. The molecule has 0 aliphatic carbocycles. The van der Waals surface area contributed by atoms with Crippen LogP contribution < -0.4 is 5.32 Å². The largest absolute Gasteiger partial charge is 0.312 e. The van der Waals surface area contributed by atoms with Crippen molar-refractivity contribution in [2.75, 3.05) is 6.54 Å². The molecule has 0 aromatic carbocycles. The van der Waals surface area contributed by atoms with E-state index in [1.807, 2.05) is 26.2 Å². The van der Waals surface area contributed by atoms with Crippen LogP contribution in [-0.4, -0.2) is 21.5 Å². The zero-order valence-electron chi connectivity index (χ0n) is 11.9. The molecule has 1 N–H and O–H groups in total. The number of aryl methyl sites for hydroxylation is 2. The highest BCUT2D eigenvalue weighted by Crippen LogP contribution is 2.25. The lowest BCUT2D eigenvalue weighted by atomic mass is 10.2. The second-order valence-electron chi connectivity index (χ2n) is 5.14. The summed E-state index contributed by atoms with van der Waals surface area (Å²) < 4.78 is 0. The Bertz CT molecular complexity index is 531. The molecule has 2 aromatic rings. The van der Waals surface area contributed by atoms with Gasteiger partial charge in [-0.1, -0.05) is 13.8 Å². The second-order valence-corrected chi connectivity index (χ2v) is 6.22. The van der Waals surface area contributed by atoms with Crippen LogP contribution in [0, 0.1) is 19.8 Å². The van der Waals surface area contributed by atoms with E-state index >= 15 is 0 Å². The first kappa shape index (κ1) is 14.1. The summed E-state index contributed by atoms with van der Waals surface area (Å²) in [6.45, 7) is 10.3. The Balaban J connectivity index is 2.09. The molecule has 2 heterocycles. The Morgan fingerprint density at radius 3 is 2.53 bits per heavy atom. The van der Waals surface area contributed by atoms with E-state index in [2.05, 4.69) is 34.1 Å². The van der Waals surface area contributed by atoms with Crippen molar-refractivity contribution in [1.82, 2.24) is 20.3 Å². The fourth-order valence-corrected chi connectivity index (χ4v) is 2.65. The molecule has 0 saturated carbocycles. The predicted octanol–water partition coefficient (Wildman–Crippen LogP) is 2.96. The molecule has 19 heavy (non-hydrogen) atoms. The lowest BCUT2D eigenvalue weighted by Crippen LogP contribution is -2.18. The molecule has 0 aliphatic heterocycles. The van der Waals surface area contributed by atoms with Crippen LogP contribution in [0.1, 0.15) is 30.0 Å². The Morgan fingerprint density at radius 2 is 1.89 bits per heavy atom. The molecule has 0 amide bonds. The molecule has 0 spiro atoms. The van der Waals surface area contributed by atoms with Gasteiger partial charge in [0.2, 0.25) is 0 Å². The molecule has 2 rings (SSSR count). The van der Waals surface area contributed by atoms with Crippen molar-refractivity contribution in [3.63, 3.8) is 0 Å². The molecular formula is C14H20N4S. The maximum Gasteiger partial charge on any atom is 0.188 e. The number of nitrogens with one attached hydrogen (secondary N) is 1. The number of aromatic nitrogens is 3. The molecule has 0 unspecified atom stereocenters. The fourth-order valence-electron chi connectivity index (χ4n) is 1.67. The summed E-state index contributed by atoms with van der Waals surface area (Å²) >= 11 is 1.67. The number of hydrogen-bond donors (Lipinski definition) is 1. The predicted molar refractivity (Wildman–Crippen MR) is 79.2 cm³/mol. The molecule has 0 aliphatic rings. The minimum atomic E-state index is 0.660. The topological polar surface area (TPSA) is 50.7 Å². The van der Waals surface area contributed by atoms with Crippen molar-refractivity contribution < 1.29 is 0 Å². The maximum absolute atomic E-state index is 4.56. The van der Waals surface area contributed by atoms with Gasteiger partial charge >= 0.3 is 0 Å². The molecule has 0 radical (unpaired) electrons. The lowest BCUT2D eigenvalue weighted by Gasteiger charge is -2.05. The molecule has 0 fully saturated rings. The van der Waals surface area contributed by atoms with Gasteiger partial charge in [-0.25, -0.2) is 15.0 Å². The summed E-state index contributed by atoms with van der Waals surface area (Å²) in [6, 6.07) is 0. The molecular weight excluding hydrogens is 256 g/mol. The molecule has 0 bridgehead atoms. The smallest absolute Gasteiger partial charge is 0.188 e. The van der Waals surface area contributed by atoms with Gasteiger partial charge < -0.3 is 5.32 Å². The molecule has 5 heteroatoms. The molecule has 2 aromatic heterocycles. The van der Waals surface area contributed by atoms with E-state index in [1.165, 1.54) is 4.88 Å². The standard InChI is InChI=1S/C14H20N4S/c1-9(2)5-15-8-12-11(4)18-14(19-12)13-16-6-10(3)7-17-13/h6-7,9,15H,5,8H2,1-4H3. The maximum atomic E-state index is 4.56. The average Bonchev–Trinajstić information content (AvgIpc) is 2.71. The van der Waals surface area contributed by atoms with E-state index in [0.717, 1.165) is 29.4 Å². The summed E-state index contributed by atoms with van der Waals surface area (Å²) in [5, 5.41) is 4.35. The Hall–Kier alpha value is -1.33. The zero-order chi connectivity index (χ0) is 13.8. The van der Waals surface area contributed by atoms with Crippen LogP contribution in [0.2, 0.25) is 0 Å². The minimum absolute atomic E-state index is 0.660. The normalized spacial score (nSPS) is 11.2. The number of rotatable bonds is 5. The van der Waals surface area contributed by atoms with Crippen LogP contribution >= 0.6 is 11.3 Å². The Morgan fingerprint density at radius 1 is 1.21 bits per heavy atom. The van der Waals surface area contributed by atoms with Gasteiger partial charge in [-0.05, 0) is 31.9 Å². The average molecular weight is 276 g/mol. The van der Waals surface area contributed by atoms with Gasteiger partial charge in [0.05, 0.1) is 5.69 Å². The van der Waals surface area contributed by atoms with Crippen molar-refractivity contribution in [2.45, 2.75) is 34.2 Å². The molecule has 4 nitrogen and oxygen atoms in total. The fraction of sp³-hybridized carbons (Fsp3) is 0.500. The van der Waals surface area contributed by atoms with E-state index in [0.29, 0.717) is 11.7 Å². The van der Waals surface area contributed by atoms with Gasteiger partial charge in [0.25, 0.3) is 0 Å².